The highest BCUT2D eigenvalue weighted by Crippen LogP contribution is 2.30. The lowest BCUT2D eigenvalue weighted by molar-refractivity contribution is -0.208. The maximum atomic E-state index is 14.4. The Labute approximate surface area is 166 Å². The van der Waals surface area contributed by atoms with Crippen molar-refractivity contribution >= 4 is 0 Å². The first-order valence-corrected chi connectivity index (χ1v) is 9.26. The fourth-order valence-electron chi connectivity index (χ4n) is 3.18. The molecule has 0 unspecified atom stereocenters. The van der Waals surface area contributed by atoms with Crippen LogP contribution >= 0.6 is 0 Å². The molecule has 0 N–H and O–H groups in total. The number of ether oxygens (including phenoxy) is 3. The largest absolute Gasteiger partial charge is 0.487 e. The van der Waals surface area contributed by atoms with Crippen molar-refractivity contribution in [2.24, 2.45) is 5.92 Å². The number of hydrogen-bond acceptors (Lipinski definition) is 3. The van der Waals surface area contributed by atoms with E-state index in [1.807, 2.05) is 6.07 Å². The molecule has 3 aromatic rings. The monoisotopic (exact) mass is 400 g/mol. The van der Waals surface area contributed by atoms with E-state index in [2.05, 4.69) is 0 Å². The summed E-state index contributed by atoms with van der Waals surface area (Å²) < 4.78 is 58.7. The van der Waals surface area contributed by atoms with Gasteiger partial charge in [0.2, 0.25) is 0 Å². The number of halogens is 3. The van der Waals surface area contributed by atoms with Crippen molar-refractivity contribution < 1.29 is 27.4 Å². The Balaban J connectivity index is 1.36. The van der Waals surface area contributed by atoms with Crippen LogP contribution in [0.3, 0.4) is 0 Å². The van der Waals surface area contributed by atoms with E-state index < -0.39 is 23.7 Å². The number of benzene rings is 3. The first-order chi connectivity index (χ1) is 14.1. The summed E-state index contributed by atoms with van der Waals surface area (Å²) in [5, 5.41) is 0. The van der Waals surface area contributed by atoms with Gasteiger partial charge in [0.05, 0.1) is 19.8 Å². The van der Waals surface area contributed by atoms with E-state index >= 15 is 0 Å². The molecule has 0 amide bonds. The molecule has 1 heterocycles. The fraction of sp³-hybridized carbons (Fsp3) is 0.217. The van der Waals surface area contributed by atoms with Gasteiger partial charge in [-0.3, -0.25) is 0 Å². The molecule has 3 nitrogen and oxygen atoms in total. The van der Waals surface area contributed by atoms with Crippen LogP contribution in [0, 0.1) is 23.4 Å². The van der Waals surface area contributed by atoms with Crippen LogP contribution in [-0.2, 0) is 9.47 Å². The molecule has 0 aliphatic carbocycles. The van der Waals surface area contributed by atoms with Gasteiger partial charge in [0.1, 0.15) is 5.82 Å². The average molecular weight is 400 g/mol. The molecular formula is C23H19F3O3. The first-order valence-electron chi connectivity index (χ1n) is 9.26. The third-order valence-electron chi connectivity index (χ3n) is 4.66. The normalized spacial score (nSPS) is 19.1. The summed E-state index contributed by atoms with van der Waals surface area (Å²) in [6.07, 6.45) is -0.666. The van der Waals surface area contributed by atoms with Crippen LogP contribution in [0.25, 0.3) is 11.1 Å². The summed E-state index contributed by atoms with van der Waals surface area (Å²) in [7, 11) is 0. The van der Waals surface area contributed by atoms with Crippen LogP contribution < -0.4 is 4.74 Å². The maximum absolute atomic E-state index is 14.4. The molecule has 1 fully saturated rings. The van der Waals surface area contributed by atoms with Crippen molar-refractivity contribution in [1.82, 2.24) is 0 Å². The summed E-state index contributed by atoms with van der Waals surface area (Å²) >= 11 is 0. The highest BCUT2D eigenvalue weighted by molar-refractivity contribution is 5.64. The van der Waals surface area contributed by atoms with Crippen molar-refractivity contribution in [1.29, 1.82) is 0 Å². The molecule has 0 saturated carbocycles. The lowest BCUT2D eigenvalue weighted by atomic mass is 10.1. The van der Waals surface area contributed by atoms with Gasteiger partial charge < -0.3 is 14.2 Å². The molecule has 0 spiro atoms. The van der Waals surface area contributed by atoms with Gasteiger partial charge in [0, 0.05) is 11.5 Å². The smallest absolute Gasteiger partial charge is 0.190 e. The van der Waals surface area contributed by atoms with E-state index in [-0.39, 0.29) is 31.6 Å². The first kappa shape index (κ1) is 19.5. The molecule has 150 valence electrons. The van der Waals surface area contributed by atoms with Gasteiger partial charge in [-0.2, -0.15) is 0 Å². The molecule has 0 atom stereocenters. The minimum atomic E-state index is -0.765. The maximum Gasteiger partial charge on any atom is 0.190 e. The van der Waals surface area contributed by atoms with E-state index in [9.17, 15) is 13.2 Å². The Morgan fingerprint density at radius 3 is 2.14 bits per heavy atom. The minimum absolute atomic E-state index is 0.0361. The van der Waals surface area contributed by atoms with Crippen LogP contribution in [0.2, 0.25) is 0 Å². The Morgan fingerprint density at radius 1 is 0.793 bits per heavy atom. The SMILES string of the molecule is Fc1cccc(C2OCC(COc3c(F)cc(-c4ccccc4)cc3F)CO2)c1. The van der Waals surface area contributed by atoms with Crippen LogP contribution in [0.1, 0.15) is 11.9 Å². The van der Waals surface area contributed by atoms with E-state index in [4.69, 9.17) is 14.2 Å². The van der Waals surface area contributed by atoms with Gasteiger partial charge in [0.25, 0.3) is 0 Å². The molecule has 0 aromatic heterocycles. The zero-order chi connectivity index (χ0) is 20.2. The third kappa shape index (κ3) is 4.60. The third-order valence-corrected chi connectivity index (χ3v) is 4.66. The van der Waals surface area contributed by atoms with E-state index in [0.29, 0.717) is 16.7 Å². The zero-order valence-electron chi connectivity index (χ0n) is 15.5. The fourth-order valence-corrected chi connectivity index (χ4v) is 3.18. The zero-order valence-corrected chi connectivity index (χ0v) is 15.5. The van der Waals surface area contributed by atoms with Gasteiger partial charge in [0.15, 0.2) is 23.7 Å². The van der Waals surface area contributed by atoms with Crippen LogP contribution in [0.4, 0.5) is 13.2 Å². The lowest BCUT2D eigenvalue weighted by Crippen LogP contribution is -2.31. The highest BCUT2D eigenvalue weighted by atomic mass is 19.1. The predicted molar refractivity (Wildman–Crippen MR) is 102 cm³/mol. The van der Waals surface area contributed by atoms with Crippen LogP contribution in [0.5, 0.6) is 5.75 Å². The quantitative estimate of drug-likeness (QED) is 0.565. The number of hydrogen-bond donors (Lipinski definition) is 0. The molecule has 1 saturated heterocycles. The predicted octanol–water partition coefficient (Wildman–Crippen LogP) is 5.51. The standard InChI is InChI=1S/C23H19F3O3/c24-19-8-4-7-17(9-19)23-28-13-15(14-29-23)12-27-22-20(25)10-18(11-21(22)26)16-5-2-1-3-6-16/h1-11,15,23H,12-14H2. The molecule has 6 heteroatoms. The van der Waals surface area contributed by atoms with Gasteiger partial charge >= 0.3 is 0 Å². The molecule has 3 aromatic carbocycles. The molecular weight excluding hydrogens is 381 g/mol. The Morgan fingerprint density at radius 2 is 1.48 bits per heavy atom. The molecule has 0 radical (unpaired) electrons. The second-order valence-corrected chi connectivity index (χ2v) is 6.87. The average Bonchev–Trinajstić information content (AvgIpc) is 2.74. The van der Waals surface area contributed by atoms with Gasteiger partial charge in [-0.05, 0) is 35.4 Å². The van der Waals surface area contributed by atoms with Crippen LogP contribution in [0.15, 0.2) is 66.7 Å². The molecule has 4 rings (SSSR count). The van der Waals surface area contributed by atoms with Crippen molar-refractivity contribution in [3.63, 3.8) is 0 Å². The second kappa shape index (κ2) is 8.68. The number of rotatable bonds is 5. The van der Waals surface area contributed by atoms with Crippen molar-refractivity contribution in [3.8, 4) is 16.9 Å². The Bertz CT molecular complexity index is 947. The second-order valence-electron chi connectivity index (χ2n) is 6.87. The minimum Gasteiger partial charge on any atom is -0.487 e. The van der Waals surface area contributed by atoms with E-state index in [1.54, 1.807) is 36.4 Å². The van der Waals surface area contributed by atoms with Crippen LogP contribution in [-0.4, -0.2) is 19.8 Å². The molecule has 29 heavy (non-hydrogen) atoms. The summed E-state index contributed by atoms with van der Waals surface area (Å²) in [6, 6.07) is 17.5. The molecule has 1 aliphatic heterocycles. The Kier molecular flexibility index (Phi) is 5.83. The topological polar surface area (TPSA) is 27.7 Å². The molecule has 0 bridgehead atoms. The Hall–Kier alpha value is -2.83. The summed E-state index contributed by atoms with van der Waals surface area (Å²) in [4.78, 5) is 0. The van der Waals surface area contributed by atoms with E-state index in [0.717, 1.165) is 0 Å². The summed E-state index contributed by atoms with van der Waals surface area (Å²) in [6.45, 7) is 0.577. The van der Waals surface area contributed by atoms with Crippen molar-refractivity contribution in [2.75, 3.05) is 19.8 Å². The molecule has 1 aliphatic rings. The summed E-state index contributed by atoms with van der Waals surface area (Å²) in [5.74, 6) is -2.52. The van der Waals surface area contributed by atoms with Crippen molar-refractivity contribution in [3.05, 3.63) is 89.7 Å². The highest BCUT2D eigenvalue weighted by Gasteiger charge is 2.25. The van der Waals surface area contributed by atoms with Gasteiger partial charge in [-0.25, -0.2) is 13.2 Å². The van der Waals surface area contributed by atoms with Crippen molar-refractivity contribution in [2.45, 2.75) is 6.29 Å². The van der Waals surface area contributed by atoms with Gasteiger partial charge in [-0.15, -0.1) is 0 Å². The van der Waals surface area contributed by atoms with E-state index in [1.165, 1.54) is 24.3 Å². The van der Waals surface area contributed by atoms with Gasteiger partial charge in [-0.1, -0.05) is 42.5 Å². The lowest BCUT2D eigenvalue weighted by Gasteiger charge is -2.29. The summed E-state index contributed by atoms with van der Waals surface area (Å²) in [5.41, 5.74) is 1.74.